The van der Waals surface area contributed by atoms with Crippen molar-refractivity contribution >= 4 is 10.0 Å². The molecule has 2 aliphatic rings. The number of rotatable bonds is 5. The van der Waals surface area contributed by atoms with Crippen LogP contribution in [0.1, 0.15) is 54.7 Å². The van der Waals surface area contributed by atoms with Gasteiger partial charge in [-0.05, 0) is 36.1 Å². The Kier molecular flexibility index (Phi) is 6.96. The van der Waals surface area contributed by atoms with Crippen LogP contribution in [0.3, 0.4) is 0 Å². The van der Waals surface area contributed by atoms with Crippen LogP contribution in [0.2, 0.25) is 0 Å². The molecule has 1 aliphatic heterocycles. The number of benzene rings is 2. The van der Waals surface area contributed by atoms with Crippen LogP contribution in [0.15, 0.2) is 54.6 Å². The van der Waals surface area contributed by atoms with Gasteiger partial charge in [0.05, 0.1) is 24.5 Å². The highest BCUT2D eigenvalue weighted by atomic mass is 32.2. The number of nitriles is 1. The summed E-state index contributed by atoms with van der Waals surface area (Å²) in [6.07, 6.45) is 6.15. The molecule has 0 spiro atoms. The Bertz CT molecular complexity index is 1120. The van der Waals surface area contributed by atoms with E-state index in [1.165, 1.54) is 36.4 Å². The third-order valence-corrected chi connectivity index (χ3v) is 8.35. The zero-order valence-corrected chi connectivity index (χ0v) is 18.8. The maximum absolute atomic E-state index is 13.0. The summed E-state index contributed by atoms with van der Waals surface area (Å²) in [6, 6.07) is 17.2. The summed E-state index contributed by atoms with van der Waals surface area (Å²) in [7, 11) is -3.74. The first kappa shape index (κ1) is 22.6. The Hall–Kier alpha value is -2.64. The van der Waals surface area contributed by atoms with Crippen LogP contribution in [0.4, 0.5) is 0 Å². The maximum atomic E-state index is 13.0. The minimum Gasteiger partial charge on any atom is -0.395 e. The molecule has 166 valence electrons. The highest BCUT2D eigenvalue weighted by Gasteiger charge is 2.54. The zero-order valence-electron chi connectivity index (χ0n) is 18.0. The summed E-state index contributed by atoms with van der Waals surface area (Å²) in [5.41, 5.74) is 2.43. The monoisotopic (exact) mass is 448 g/mol. The second-order valence-electron chi connectivity index (χ2n) is 8.65. The van der Waals surface area contributed by atoms with E-state index in [-0.39, 0.29) is 18.3 Å². The summed E-state index contributed by atoms with van der Waals surface area (Å²) >= 11 is 0. The van der Waals surface area contributed by atoms with Crippen molar-refractivity contribution in [3.8, 4) is 17.9 Å². The molecule has 32 heavy (non-hydrogen) atoms. The molecule has 0 radical (unpaired) electrons. The molecule has 1 aliphatic carbocycles. The smallest absolute Gasteiger partial charge is 0.219 e. The van der Waals surface area contributed by atoms with Gasteiger partial charge in [-0.1, -0.05) is 73.6 Å². The normalized spacial score (nSPS) is 24.1. The molecule has 4 rings (SSSR count). The van der Waals surface area contributed by atoms with Crippen molar-refractivity contribution < 1.29 is 13.5 Å². The van der Waals surface area contributed by atoms with Crippen LogP contribution in [0, 0.1) is 29.1 Å². The van der Waals surface area contributed by atoms with Crippen LogP contribution in [0.25, 0.3) is 0 Å². The number of hydrogen-bond acceptors (Lipinski definition) is 4. The first-order valence-electron chi connectivity index (χ1n) is 11.2. The van der Waals surface area contributed by atoms with Gasteiger partial charge < -0.3 is 5.11 Å². The second-order valence-corrected chi connectivity index (χ2v) is 10.5. The average molecular weight is 449 g/mol. The first-order valence-corrected chi connectivity index (χ1v) is 12.8. The van der Waals surface area contributed by atoms with Gasteiger partial charge in [0.15, 0.2) is 0 Å². The predicted molar refractivity (Wildman–Crippen MR) is 124 cm³/mol. The van der Waals surface area contributed by atoms with E-state index in [0.717, 1.165) is 11.1 Å². The third-order valence-electron chi connectivity index (χ3n) is 6.51. The molecule has 0 aromatic heterocycles. The van der Waals surface area contributed by atoms with Crippen LogP contribution in [-0.4, -0.2) is 36.5 Å². The van der Waals surface area contributed by atoms with E-state index in [4.69, 9.17) is 0 Å². The van der Waals surface area contributed by atoms with Crippen LogP contribution < -0.4 is 0 Å². The van der Waals surface area contributed by atoms with Crippen molar-refractivity contribution in [1.82, 2.24) is 4.31 Å². The number of hydrogen-bond donors (Lipinski definition) is 1. The van der Waals surface area contributed by atoms with Gasteiger partial charge in [0.2, 0.25) is 10.0 Å². The fourth-order valence-electron chi connectivity index (χ4n) is 4.83. The predicted octanol–water partition coefficient (Wildman–Crippen LogP) is 3.80. The van der Waals surface area contributed by atoms with Crippen molar-refractivity contribution in [1.29, 1.82) is 5.26 Å². The Morgan fingerprint density at radius 2 is 1.69 bits per heavy atom. The van der Waals surface area contributed by atoms with E-state index in [0.29, 0.717) is 11.5 Å². The molecule has 2 fully saturated rings. The summed E-state index contributed by atoms with van der Waals surface area (Å²) < 4.78 is 27.2. The maximum Gasteiger partial charge on any atom is 0.219 e. The average Bonchev–Trinajstić information content (AvgIpc) is 2.79. The molecule has 1 N–H and O–H groups in total. The zero-order chi connectivity index (χ0) is 22.6. The summed E-state index contributed by atoms with van der Waals surface area (Å²) in [4.78, 5) is 0. The molecule has 6 heteroatoms. The Morgan fingerprint density at radius 1 is 1.00 bits per heavy atom. The number of aliphatic hydroxyl groups is 1. The van der Waals surface area contributed by atoms with E-state index in [9.17, 15) is 18.8 Å². The Balaban J connectivity index is 1.50. The molecule has 5 nitrogen and oxygen atoms in total. The lowest BCUT2D eigenvalue weighted by atomic mass is 9.78. The molecule has 3 atom stereocenters. The van der Waals surface area contributed by atoms with Crippen molar-refractivity contribution in [3.05, 3.63) is 71.3 Å². The van der Waals surface area contributed by atoms with E-state index in [1.54, 1.807) is 24.3 Å². The first-order chi connectivity index (χ1) is 15.5. The molecular weight excluding hydrogens is 420 g/mol. The van der Waals surface area contributed by atoms with Crippen LogP contribution in [-0.2, 0) is 15.8 Å². The van der Waals surface area contributed by atoms with Crippen molar-refractivity contribution in [2.45, 2.75) is 55.9 Å². The molecule has 1 heterocycles. The number of aliphatic hydroxyl groups excluding tert-OH is 1. The van der Waals surface area contributed by atoms with Gasteiger partial charge in [0.1, 0.15) is 6.04 Å². The van der Waals surface area contributed by atoms with Crippen molar-refractivity contribution in [2.24, 2.45) is 5.92 Å². The second kappa shape index (κ2) is 9.88. The van der Waals surface area contributed by atoms with E-state index < -0.39 is 22.1 Å². The molecule has 0 amide bonds. The molecule has 1 saturated carbocycles. The SMILES string of the molecule is N#C[C@@H]1[C@@H](c2ccc(C#CC3CCCCC3)cc2)[C@@H](CO)N1S(=O)(=O)Cc1ccccc1. The summed E-state index contributed by atoms with van der Waals surface area (Å²) in [5.74, 6) is 6.55. The van der Waals surface area contributed by atoms with Gasteiger partial charge >= 0.3 is 0 Å². The lowest BCUT2D eigenvalue weighted by molar-refractivity contribution is 0.0555. The minimum atomic E-state index is -3.74. The van der Waals surface area contributed by atoms with E-state index in [1.807, 2.05) is 30.3 Å². The van der Waals surface area contributed by atoms with Gasteiger partial charge in [-0.15, -0.1) is 0 Å². The Morgan fingerprint density at radius 3 is 2.31 bits per heavy atom. The van der Waals surface area contributed by atoms with E-state index in [2.05, 4.69) is 17.9 Å². The van der Waals surface area contributed by atoms with Gasteiger partial charge in [0.25, 0.3) is 0 Å². The van der Waals surface area contributed by atoms with Gasteiger partial charge in [-0.3, -0.25) is 0 Å². The molecule has 2 aromatic carbocycles. The Labute approximate surface area is 190 Å². The van der Waals surface area contributed by atoms with E-state index >= 15 is 0 Å². The minimum absolute atomic E-state index is 0.190. The van der Waals surface area contributed by atoms with Gasteiger partial charge in [-0.2, -0.15) is 9.57 Å². The van der Waals surface area contributed by atoms with Crippen molar-refractivity contribution in [2.75, 3.05) is 6.61 Å². The lowest BCUT2D eigenvalue weighted by Gasteiger charge is -2.50. The topological polar surface area (TPSA) is 81.4 Å². The fraction of sp³-hybridized carbons (Fsp3) is 0.423. The molecular formula is C26H28N2O3S. The third kappa shape index (κ3) is 4.74. The standard InChI is InChI=1S/C26H28N2O3S/c27-17-24-26(23-15-13-21(14-16-23)12-11-20-7-3-1-4-8-20)25(18-29)28(24)32(30,31)19-22-9-5-2-6-10-22/h2,5-6,9-10,13-16,20,24-26,29H,1,3-4,7-8,18-19H2/t24-,25-,26-/m1/s1. The fourth-order valence-corrected chi connectivity index (χ4v) is 6.72. The van der Waals surface area contributed by atoms with Crippen LogP contribution in [0.5, 0.6) is 0 Å². The molecule has 1 saturated heterocycles. The largest absolute Gasteiger partial charge is 0.395 e. The quantitative estimate of drug-likeness (QED) is 0.706. The number of sulfonamides is 1. The summed E-state index contributed by atoms with van der Waals surface area (Å²) in [5, 5.41) is 19.7. The molecule has 0 unspecified atom stereocenters. The van der Waals surface area contributed by atoms with Gasteiger partial charge in [0, 0.05) is 17.4 Å². The lowest BCUT2D eigenvalue weighted by Crippen LogP contribution is -2.65. The summed E-state index contributed by atoms with van der Waals surface area (Å²) in [6.45, 7) is -0.333. The van der Waals surface area contributed by atoms with Gasteiger partial charge in [-0.25, -0.2) is 8.42 Å². The van der Waals surface area contributed by atoms with Crippen LogP contribution >= 0.6 is 0 Å². The number of nitrogens with zero attached hydrogens (tertiary/aromatic N) is 2. The molecule has 0 bridgehead atoms. The van der Waals surface area contributed by atoms with Crippen molar-refractivity contribution in [3.63, 3.8) is 0 Å². The highest BCUT2D eigenvalue weighted by molar-refractivity contribution is 7.88. The highest BCUT2D eigenvalue weighted by Crippen LogP contribution is 2.43. The molecule has 2 aromatic rings.